The quantitative estimate of drug-likeness (QED) is 0.343. The number of amides is 1. The van der Waals surface area contributed by atoms with Gasteiger partial charge in [-0.1, -0.05) is 41.4 Å². The highest BCUT2D eigenvalue weighted by Crippen LogP contribution is 2.39. The van der Waals surface area contributed by atoms with Crippen molar-refractivity contribution in [3.8, 4) is 0 Å². The fourth-order valence-electron chi connectivity index (χ4n) is 3.35. The molecule has 6 heteroatoms. The smallest absolute Gasteiger partial charge is 0.295 e. The van der Waals surface area contributed by atoms with Gasteiger partial charge in [0.1, 0.15) is 5.76 Å². The number of carbonyl (C=O) groups is 2. The molecule has 0 bridgehead atoms. The van der Waals surface area contributed by atoms with E-state index in [9.17, 15) is 14.7 Å². The number of hydrogen-bond donors (Lipinski definition) is 1. The van der Waals surface area contributed by atoms with E-state index in [0.717, 1.165) is 11.1 Å². The molecule has 1 fully saturated rings. The van der Waals surface area contributed by atoms with Crippen molar-refractivity contribution in [3.63, 3.8) is 0 Å². The number of carbonyl (C=O) groups excluding carboxylic acids is 2. The SMILES string of the molecule is COCCCN1C(=O)C(=O)C(=C(O)c2ccc(Cl)cc2)C1c1ccc(C)cc1. The molecular weight excluding hydrogens is 378 g/mol. The third-order valence-electron chi connectivity index (χ3n) is 4.80. The van der Waals surface area contributed by atoms with Crippen LogP contribution in [0.4, 0.5) is 0 Å². The van der Waals surface area contributed by atoms with Gasteiger partial charge >= 0.3 is 0 Å². The second-order valence-corrected chi connectivity index (χ2v) is 7.19. The van der Waals surface area contributed by atoms with Crippen LogP contribution in [0.5, 0.6) is 0 Å². The van der Waals surface area contributed by atoms with E-state index in [1.807, 2.05) is 31.2 Å². The van der Waals surface area contributed by atoms with Crippen LogP contribution in [0.1, 0.15) is 29.2 Å². The van der Waals surface area contributed by atoms with Crippen LogP contribution in [-0.2, 0) is 14.3 Å². The van der Waals surface area contributed by atoms with Crippen LogP contribution in [0.25, 0.3) is 5.76 Å². The zero-order valence-corrected chi connectivity index (χ0v) is 16.6. The fourth-order valence-corrected chi connectivity index (χ4v) is 3.47. The van der Waals surface area contributed by atoms with Gasteiger partial charge in [0.2, 0.25) is 0 Å². The van der Waals surface area contributed by atoms with Crippen LogP contribution in [0, 0.1) is 6.92 Å². The van der Waals surface area contributed by atoms with Gasteiger partial charge in [0.05, 0.1) is 11.6 Å². The lowest BCUT2D eigenvalue weighted by Gasteiger charge is -2.25. The molecule has 146 valence electrons. The predicted molar refractivity (Wildman–Crippen MR) is 108 cm³/mol. The molecule has 1 unspecified atom stereocenters. The van der Waals surface area contributed by atoms with Crippen molar-refractivity contribution in [1.82, 2.24) is 4.90 Å². The van der Waals surface area contributed by atoms with E-state index in [4.69, 9.17) is 16.3 Å². The molecule has 28 heavy (non-hydrogen) atoms. The van der Waals surface area contributed by atoms with Crippen LogP contribution in [-0.4, -0.2) is 42.0 Å². The Morgan fingerprint density at radius 1 is 1.11 bits per heavy atom. The minimum Gasteiger partial charge on any atom is -0.507 e. The molecule has 3 rings (SSSR count). The minimum absolute atomic E-state index is 0.0913. The van der Waals surface area contributed by atoms with Gasteiger partial charge < -0.3 is 14.7 Å². The molecular formula is C22H22ClNO4. The molecule has 0 aromatic heterocycles. The molecule has 0 saturated carbocycles. The number of aliphatic hydroxyl groups is 1. The van der Waals surface area contributed by atoms with Crippen molar-refractivity contribution in [2.75, 3.05) is 20.3 Å². The van der Waals surface area contributed by atoms with Gasteiger partial charge in [-0.05, 0) is 43.2 Å². The van der Waals surface area contributed by atoms with Crippen LogP contribution in [0.3, 0.4) is 0 Å². The summed E-state index contributed by atoms with van der Waals surface area (Å²) in [5, 5.41) is 11.4. The first-order valence-electron chi connectivity index (χ1n) is 9.04. The topological polar surface area (TPSA) is 66.8 Å². The molecule has 1 N–H and O–H groups in total. The van der Waals surface area contributed by atoms with E-state index < -0.39 is 17.7 Å². The Kier molecular flexibility index (Phi) is 6.17. The number of methoxy groups -OCH3 is 1. The first-order chi connectivity index (χ1) is 13.4. The van der Waals surface area contributed by atoms with Gasteiger partial charge in [0.15, 0.2) is 0 Å². The van der Waals surface area contributed by atoms with Gasteiger partial charge in [-0.15, -0.1) is 0 Å². The van der Waals surface area contributed by atoms with Crippen molar-refractivity contribution in [3.05, 3.63) is 75.8 Å². The number of rotatable bonds is 6. The number of ketones is 1. The van der Waals surface area contributed by atoms with Crippen LogP contribution >= 0.6 is 11.6 Å². The normalized spacial score (nSPS) is 18.7. The monoisotopic (exact) mass is 399 g/mol. The van der Waals surface area contributed by atoms with E-state index in [0.29, 0.717) is 30.2 Å². The van der Waals surface area contributed by atoms with Gasteiger partial charge in [0.25, 0.3) is 11.7 Å². The summed E-state index contributed by atoms with van der Waals surface area (Å²) in [5.41, 5.74) is 2.38. The summed E-state index contributed by atoms with van der Waals surface area (Å²) in [6, 6.07) is 13.5. The molecule has 2 aromatic carbocycles. The maximum Gasteiger partial charge on any atom is 0.295 e. The Morgan fingerprint density at radius 3 is 2.36 bits per heavy atom. The Bertz CT molecular complexity index is 903. The predicted octanol–water partition coefficient (Wildman–Crippen LogP) is 4.11. The molecule has 0 spiro atoms. The second-order valence-electron chi connectivity index (χ2n) is 6.76. The number of aryl methyl sites for hydroxylation is 1. The lowest BCUT2D eigenvalue weighted by Crippen LogP contribution is -2.31. The van der Waals surface area contributed by atoms with Crippen LogP contribution in [0.2, 0.25) is 5.02 Å². The van der Waals surface area contributed by atoms with Crippen molar-refractivity contribution >= 4 is 29.1 Å². The standard InChI is InChI=1S/C22H22ClNO4/c1-14-4-6-15(7-5-14)19-18(20(25)16-8-10-17(23)11-9-16)21(26)22(27)24(19)12-3-13-28-2/h4-11,19,25H,3,12-13H2,1-2H3. The molecule has 1 heterocycles. The first kappa shape index (κ1) is 20.1. The molecule has 1 aliphatic heterocycles. The number of Topliss-reactive ketones (excluding diaryl/α,β-unsaturated/α-hetero) is 1. The van der Waals surface area contributed by atoms with E-state index in [1.165, 1.54) is 4.90 Å². The summed E-state index contributed by atoms with van der Waals surface area (Å²) < 4.78 is 5.08. The number of likely N-dealkylation sites (tertiary alicyclic amines) is 1. The van der Waals surface area contributed by atoms with Crippen molar-refractivity contribution < 1.29 is 19.4 Å². The Morgan fingerprint density at radius 2 is 1.75 bits per heavy atom. The van der Waals surface area contributed by atoms with Crippen molar-refractivity contribution in [1.29, 1.82) is 0 Å². The van der Waals surface area contributed by atoms with E-state index in [-0.39, 0.29) is 11.3 Å². The Hall–Kier alpha value is -2.63. The molecule has 5 nitrogen and oxygen atoms in total. The second kappa shape index (κ2) is 8.59. The highest BCUT2D eigenvalue weighted by atomic mass is 35.5. The summed E-state index contributed by atoms with van der Waals surface area (Å²) in [7, 11) is 1.59. The van der Waals surface area contributed by atoms with Gasteiger partial charge in [0, 0.05) is 30.8 Å². The molecule has 2 aromatic rings. The van der Waals surface area contributed by atoms with Crippen LogP contribution < -0.4 is 0 Å². The van der Waals surface area contributed by atoms with E-state index in [2.05, 4.69) is 0 Å². The van der Waals surface area contributed by atoms with Gasteiger partial charge in [-0.25, -0.2) is 0 Å². The lowest BCUT2D eigenvalue weighted by molar-refractivity contribution is -0.140. The summed E-state index contributed by atoms with van der Waals surface area (Å²) in [4.78, 5) is 27.0. The van der Waals surface area contributed by atoms with E-state index in [1.54, 1.807) is 31.4 Å². The number of benzene rings is 2. The number of halogens is 1. The largest absolute Gasteiger partial charge is 0.507 e. The zero-order valence-electron chi connectivity index (χ0n) is 15.8. The molecule has 1 amide bonds. The van der Waals surface area contributed by atoms with Gasteiger partial charge in [-0.3, -0.25) is 9.59 Å². The molecule has 1 saturated heterocycles. The number of ether oxygens (including phenoxy) is 1. The van der Waals surface area contributed by atoms with Crippen molar-refractivity contribution in [2.24, 2.45) is 0 Å². The maximum atomic E-state index is 12.8. The molecule has 1 atom stereocenters. The van der Waals surface area contributed by atoms with E-state index >= 15 is 0 Å². The highest BCUT2D eigenvalue weighted by Gasteiger charge is 2.45. The maximum absolute atomic E-state index is 12.8. The minimum atomic E-state index is -0.685. The summed E-state index contributed by atoms with van der Waals surface area (Å²) in [6.45, 7) is 2.79. The van der Waals surface area contributed by atoms with Crippen molar-refractivity contribution in [2.45, 2.75) is 19.4 Å². The van der Waals surface area contributed by atoms with Gasteiger partial charge in [-0.2, -0.15) is 0 Å². The highest BCUT2D eigenvalue weighted by molar-refractivity contribution is 6.46. The summed E-state index contributed by atoms with van der Waals surface area (Å²) in [5.74, 6) is -1.50. The Balaban J connectivity index is 2.10. The average Bonchev–Trinajstić information content (AvgIpc) is 2.94. The number of hydrogen-bond acceptors (Lipinski definition) is 4. The number of aliphatic hydroxyl groups excluding tert-OH is 1. The summed E-state index contributed by atoms with van der Waals surface area (Å²) >= 11 is 5.92. The zero-order chi connectivity index (χ0) is 20.3. The summed E-state index contributed by atoms with van der Waals surface area (Å²) in [6.07, 6.45) is 0.590. The lowest BCUT2D eigenvalue weighted by atomic mass is 9.94. The third-order valence-corrected chi connectivity index (χ3v) is 5.05. The number of nitrogens with zero attached hydrogens (tertiary/aromatic N) is 1. The average molecular weight is 400 g/mol. The van der Waals surface area contributed by atoms with Crippen LogP contribution in [0.15, 0.2) is 54.1 Å². The molecule has 0 aliphatic carbocycles. The first-order valence-corrected chi connectivity index (χ1v) is 9.41. The Labute approximate surface area is 169 Å². The molecule has 0 radical (unpaired) electrons. The molecule has 1 aliphatic rings. The third kappa shape index (κ3) is 3.96. The fraction of sp³-hybridized carbons (Fsp3) is 0.273.